The van der Waals surface area contributed by atoms with Gasteiger partial charge in [-0.15, -0.1) is 0 Å². The van der Waals surface area contributed by atoms with E-state index >= 15 is 0 Å². The van der Waals surface area contributed by atoms with Crippen molar-refractivity contribution in [1.29, 1.82) is 10.5 Å². The quantitative estimate of drug-likeness (QED) is 0.0414. The van der Waals surface area contributed by atoms with Crippen LogP contribution in [-0.4, -0.2) is 46.5 Å². The minimum atomic E-state index is -0.334. The van der Waals surface area contributed by atoms with Crippen molar-refractivity contribution in [3.63, 3.8) is 0 Å². The monoisotopic (exact) mass is 816 g/mol. The normalized spacial score (nSPS) is 13.6. The van der Waals surface area contributed by atoms with Crippen LogP contribution in [0.5, 0.6) is 0 Å². The molecule has 0 saturated heterocycles. The van der Waals surface area contributed by atoms with Crippen LogP contribution in [0.1, 0.15) is 143 Å². The third-order valence-corrected chi connectivity index (χ3v) is 13.1. The standard InChI is InChI=1S/C54H48N4O4/c1-3-5-7-9-11-13-27-57-51(59)39-25-23-37-46-42(36-21-17-34(32-56)18-22-36)30-44-48-40(52(60)58(54(44)62)28-14-12-10-8-6-4-2)26-24-38(50(46)48)45-41(35-19-15-33(31-55)16-20-35)29-43(53(57)61)47(39)49(37)45/h15-26,29-30H,3-14,27-28H2,1-2H3. The molecule has 0 atom stereocenters. The number of hydrogen-bond acceptors (Lipinski definition) is 6. The summed E-state index contributed by atoms with van der Waals surface area (Å²) in [5.41, 5.74) is 5.87. The van der Waals surface area contributed by atoms with E-state index in [4.69, 9.17) is 0 Å². The molecule has 8 nitrogen and oxygen atoms in total. The molecule has 0 bridgehead atoms. The topological polar surface area (TPSA) is 122 Å². The van der Waals surface area contributed by atoms with E-state index in [2.05, 4.69) is 26.0 Å². The maximum atomic E-state index is 14.7. The zero-order valence-corrected chi connectivity index (χ0v) is 35.4. The Morgan fingerprint density at radius 2 is 0.742 bits per heavy atom. The molecule has 2 aliphatic rings. The number of amides is 4. The van der Waals surface area contributed by atoms with Crippen molar-refractivity contribution in [2.75, 3.05) is 13.1 Å². The van der Waals surface area contributed by atoms with Gasteiger partial charge in [0, 0.05) is 46.1 Å². The summed E-state index contributed by atoms with van der Waals surface area (Å²) in [4.78, 5) is 61.2. The van der Waals surface area contributed by atoms with Crippen LogP contribution in [0.2, 0.25) is 0 Å². The van der Waals surface area contributed by atoms with Gasteiger partial charge in [-0.2, -0.15) is 10.5 Å². The maximum absolute atomic E-state index is 14.7. The van der Waals surface area contributed by atoms with E-state index in [0.29, 0.717) is 57.2 Å². The van der Waals surface area contributed by atoms with Gasteiger partial charge in [0.1, 0.15) is 0 Å². The zero-order chi connectivity index (χ0) is 43.1. The van der Waals surface area contributed by atoms with Crippen LogP contribution < -0.4 is 0 Å². The molecule has 308 valence electrons. The number of fused-ring (bicyclic) bond motifs is 2. The summed E-state index contributed by atoms with van der Waals surface area (Å²) < 4.78 is 0. The number of nitrogens with zero attached hydrogens (tertiary/aromatic N) is 4. The van der Waals surface area contributed by atoms with Crippen LogP contribution in [0.3, 0.4) is 0 Å². The van der Waals surface area contributed by atoms with Crippen molar-refractivity contribution < 1.29 is 19.2 Å². The molecule has 62 heavy (non-hydrogen) atoms. The van der Waals surface area contributed by atoms with E-state index in [-0.39, 0.29) is 23.6 Å². The molecule has 2 aliphatic heterocycles. The first-order valence-corrected chi connectivity index (χ1v) is 22.3. The van der Waals surface area contributed by atoms with E-state index in [1.54, 1.807) is 24.3 Å². The molecule has 4 amide bonds. The van der Waals surface area contributed by atoms with Gasteiger partial charge in [-0.1, -0.05) is 114 Å². The van der Waals surface area contributed by atoms with Gasteiger partial charge in [0.15, 0.2) is 0 Å². The number of benzene rings is 7. The number of imide groups is 2. The molecule has 0 saturated carbocycles. The third kappa shape index (κ3) is 6.66. The molecule has 0 N–H and O–H groups in total. The largest absolute Gasteiger partial charge is 0.274 e. The Kier molecular flexibility index (Phi) is 11.0. The molecule has 0 aliphatic carbocycles. The van der Waals surface area contributed by atoms with Gasteiger partial charge in [-0.05, 0) is 116 Å². The van der Waals surface area contributed by atoms with Crippen molar-refractivity contribution >= 4 is 66.7 Å². The van der Waals surface area contributed by atoms with E-state index in [9.17, 15) is 29.7 Å². The van der Waals surface area contributed by atoms with Crippen molar-refractivity contribution in [3.8, 4) is 34.4 Å². The Bertz CT molecular complexity index is 2830. The Labute approximate surface area is 361 Å². The summed E-state index contributed by atoms with van der Waals surface area (Å²) in [6, 6.07) is 30.4. The summed E-state index contributed by atoms with van der Waals surface area (Å²) in [7, 11) is 0. The van der Waals surface area contributed by atoms with Crippen molar-refractivity contribution in [2.24, 2.45) is 0 Å². The lowest BCUT2D eigenvalue weighted by Gasteiger charge is -2.32. The summed E-state index contributed by atoms with van der Waals surface area (Å²) in [5.74, 6) is -1.30. The lowest BCUT2D eigenvalue weighted by Crippen LogP contribution is -2.41. The first-order chi connectivity index (χ1) is 30.3. The molecule has 9 rings (SSSR count). The summed E-state index contributed by atoms with van der Waals surface area (Å²) in [6.07, 6.45) is 12.3. The van der Waals surface area contributed by atoms with Crippen molar-refractivity contribution in [3.05, 3.63) is 118 Å². The fraction of sp³-hybridized carbons (Fsp3) is 0.296. The number of unbranched alkanes of at least 4 members (excludes halogenated alkanes) is 10. The molecule has 7 aromatic carbocycles. The second kappa shape index (κ2) is 16.9. The van der Waals surface area contributed by atoms with Gasteiger partial charge in [-0.25, -0.2) is 0 Å². The Hall–Kier alpha value is -6.90. The lowest BCUT2D eigenvalue weighted by atomic mass is 9.77. The Morgan fingerprint density at radius 3 is 1.11 bits per heavy atom. The van der Waals surface area contributed by atoms with E-state index < -0.39 is 0 Å². The summed E-state index contributed by atoms with van der Waals surface area (Å²) in [5, 5.41) is 25.3. The molecule has 7 aromatic rings. The highest BCUT2D eigenvalue weighted by atomic mass is 16.2. The zero-order valence-electron chi connectivity index (χ0n) is 35.4. The highest BCUT2D eigenvalue weighted by Crippen LogP contribution is 2.52. The maximum Gasteiger partial charge on any atom is 0.261 e. The van der Waals surface area contributed by atoms with Crippen LogP contribution in [-0.2, 0) is 0 Å². The van der Waals surface area contributed by atoms with Crippen LogP contribution in [0.4, 0.5) is 0 Å². The summed E-state index contributed by atoms with van der Waals surface area (Å²) in [6.45, 7) is 5.01. The minimum Gasteiger partial charge on any atom is -0.274 e. The molecule has 0 spiro atoms. The third-order valence-electron chi connectivity index (χ3n) is 13.1. The smallest absolute Gasteiger partial charge is 0.261 e. The first kappa shape index (κ1) is 40.5. The van der Waals surface area contributed by atoms with Gasteiger partial charge in [0.25, 0.3) is 23.6 Å². The van der Waals surface area contributed by atoms with Gasteiger partial charge in [-0.3, -0.25) is 29.0 Å². The van der Waals surface area contributed by atoms with Gasteiger partial charge >= 0.3 is 0 Å². The molecule has 0 fully saturated rings. The van der Waals surface area contributed by atoms with E-state index in [1.807, 2.05) is 60.7 Å². The fourth-order valence-electron chi connectivity index (χ4n) is 9.98. The van der Waals surface area contributed by atoms with Gasteiger partial charge in [0.05, 0.1) is 23.3 Å². The van der Waals surface area contributed by atoms with E-state index in [1.165, 1.54) is 9.80 Å². The second-order valence-electron chi connectivity index (χ2n) is 17.0. The number of nitriles is 2. The second-order valence-corrected chi connectivity index (χ2v) is 17.0. The average Bonchev–Trinajstić information content (AvgIpc) is 3.30. The van der Waals surface area contributed by atoms with Crippen molar-refractivity contribution in [2.45, 2.75) is 90.9 Å². The highest BCUT2D eigenvalue weighted by molar-refractivity contribution is 6.44. The molecular weight excluding hydrogens is 769 g/mol. The molecule has 0 aromatic heterocycles. The van der Waals surface area contributed by atoms with Gasteiger partial charge in [0.2, 0.25) is 0 Å². The summed E-state index contributed by atoms with van der Waals surface area (Å²) >= 11 is 0. The molecule has 0 radical (unpaired) electrons. The number of rotatable bonds is 16. The Balaban J connectivity index is 1.32. The number of carbonyl (C=O) groups is 4. The predicted octanol–water partition coefficient (Wildman–Crippen LogP) is 12.7. The van der Waals surface area contributed by atoms with Crippen molar-refractivity contribution in [1.82, 2.24) is 9.80 Å². The lowest BCUT2D eigenvalue weighted by molar-refractivity contribution is 0.0592. The molecule has 0 unspecified atom stereocenters. The fourth-order valence-corrected chi connectivity index (χ4v) is 9.98. The highest BCUT2D eigenvalue weighted by Gasteiger charge is 2.38. The van der Waals surface area contributed by atoms with Crippen LogP contribution in [0, 0.1) is 22.7 Å². The molecule has 8 heteroatoms. The van der Waals surface area contributed by atoms with E-state index in [0.717, 1.165) is 132 Å². The van der Waals surface area contributed by atoms with Crippen LogP contribution in [0.25, 0.3) is 65.3 Å². The average molecular weight is 817 g/mol. The number of carbonyl (C=O) groups excluding carboxylic acids is 4. The molecular formula is C54H48N4O4. The minimum absolute atomic E-state index is 0.315. The van der Waals surface area contributed by atoms with Crippen LogP contribution >= 0.6 is 0 Å². The first-order valence-electron chi connectivity index (χ1n) is 22.3. The van der Waals surface area contributed by atoms with Gasteiger partial charge < -0.3 is 0 Å². The Morgan fingerprint density at radius 1 is 0.387 bits per heavy atom. The number of hydrogen-bond donors (Lipinski definition) is 0. The SMILES string of the molecule is CCCCCCCCN1C(=O)c2ccc3c4c(-c5ccc(C#N)cc5)cc5c6c(ccc(c7c(-c8ccc(C#N)cc8)cc(c2c37)C1=O)c64)C(=O)N(CCCCCCCC)C5=O. The molecule has 2 heterocycles. The van der Waals surface area contributed by atoms with Crippen LogP contribution in [0.15, 0.2) is 84.9 Å². The predicted molar refractivity (Wildman–Crippen MR) is 245 cm³/mol.